The fraction of sp³-hybridized carbons (Fsp3) is 0.419. The smallest absolute Gasteiger partial charge is 0.408 e. The zero-order valence-electron chi connectivity index (χ0n) is 28.3. The van der Waals surface area contributed by atoms with Gasteiger partial charge in [0.2, 0.25) is 11.8 Å². The van der Waals surface area contributed by atoms with Crippen molar-refractivity contribution in [3.8, 4) is 23.0 Å². The van der Waals surface area contributed by atoms with E-state index in [4.69, 9.17) is 39.9 Å². The van der Waals surface area contributed by atoms with Crippen LogP contribution in [0.3, 0.4) is 0 Å². The summed E-state index contributed by atoms with van der Waals surface area (Å²) in [5.74, 6) is -4.02. The van der Waals surface area contributed by atoms with Gasteiger partial charge >= 0.3 is 24.1 Å². The zero-order chi connectivity index (χ0) is 38.0. The van der Waals surface area contributed by atoms with Crippen LogP contribution >= 0.6 is 0 Å². The lowest BCUT2D eigenvalue weighted by Crippen LogP contribution is -2.46. The summed E-state index contributed by atoms with van der Waals surface area (Å²) >= 11 is 0. The number of alkyl carbamates (subject to hydrolysis) is 2. The number of amides is 2. The lowest BCUT2D eigenvalue weighted by Gasteiger charge is -2.22. The monoisotopic (exact) mass is 710 g/mol. The second kappa shape index (κ2) is 17.0. The molecule has 0 aliphatic carbocycles. The number of ether oxygens (including phenoxy) is 4. The minimum atomic E-state index is -1.49. The number of carbonyl (C=O) groups is 4. The van der Waals surface area contributed by atoms with E-state index in [1.165, 1.54) is 0 Å². The Balaban J connectivity index is 0.000000352. The lowest BCUT2D eigenvalue weighted by atomic mass is 10.2. The molecule has 0 saturated carbocycles. The molecule has 3 rings (SSSR count). The number of aliphatic carboxylic acids is 2. The summed E-state index contributed by atoms with van der Waals surface area (Å²) in [4.78, 5) is 45.8. The molecule has 3 aromatic rings. The Morgan fingerprint density at radius 3 is 1.74 bits per heavy atom. The third-order valence-electron chi connectivity index (χ3n) is 5.63. The standard InChI is InChI=1S/C17H22N4O6.C14H18F2N2O5/c1-9-20-21-14(26-9)10-5-6-13(11(18)7-10)25-8-12(15(22)23)19-16(24)27-17(2,3)4;1-14(2,3)23-13(21)18-9(12(19)20)6-22-10-5-7(15)4-8(16)11(10)17/h5-7,12H,8,18H2,1-4H3,(H,19,24)(H,22,23);4-5,9H,6,17H2,1-3H3,(H,18,21)(H,19,20)/t12-;9-/m00/s1. The van der Waals surface area contributed by atoms with E-state index >= 15 is 0 Å². The highest BCUT2D eigenvalue weighted by atomic mass is 19.1. The molecule has 1 aromatic heterocycles. The van der Waals surface area contributed by atoms with Gasteiger partial charge in [0.1, 0.15) is 47.4 Å². The number of hydrogen-bond donors (Lipinski definition) is 6. The van der Waals surface area contributed by atoms with E-state index in [1.807, 2.05) is 0 Å². The van der Waals surface area contributed by atoms with E-state index < -0.39 is 71.3 Å². The van der Waals surface area contributed by atoms with Gasteiger partial charge in [0.15, 0.2) is 17.9 Å². The van der Waals surface area contributed by atoms with Crippen molar-refractivity contribution in [2.24, 2.45) is 0 Å². The van der Waals surface area contributed by atoms with E-state index in [1.54, 1.807) is 66.7 Å². The second-order valence-corrected chi connectivity index (χ2v) is 12.4. The average Bonchev–Trinajstić information content (AvgIpc) is 3.40. The Bertz CT molecular complexity index is 1670. The molecular formula is C31H40F2N6O11. The van der Waals surface area contributed by atoms with Gasteiger partial charge in [0.25, 0.3) is 0 Å². The predicted molar refractivity (Wildman–Crippen MR) is 172 cm³/mol. The molecule has 2 amide bonds. The first-order valence-electron chi connectivity index (χ1n) is 14.7. The molecule has 19 heteroatoms. The third kappa shape index (κ3) is 13.7. The van der Waals surface area contributed by atoms with Gasteiger partial charge in [-0.3, -0.25) is 0 Å². The van der Waals surface area contributed by atoms with Gasteiger partial charge in [-0.2, -0.15) is 0 Å². The fourth-order valence-corrected chi connectivity index (χ4v) is 3.50. The van der Waals surface area contributed by atoms with Crippen LogP contribution in [-0.4, -0.2) is 81.0 Å². The van der Waals surface area contributed by atoms with Gasteiger partial charge in [-0.1, -0.05) is 0 Å². The maximum atomic E-state index is 13.3. The maximum Gasteiger partial charge on any atom is 0.408 e. The molecule has 0 saturated heterocycles. The average molecular weight is 711 g/mol. The van der Waals surface area contributed by atoms with E-state index in [2.05, 4.69) is 20.8 Å². The maximum absolute atomic E-state index is 13.3. The Morgan fingerprint density at radius 2 is 1.32 bits per heavy atom. The van der Waals surface area contributed by atoms with Gasteiger partial charge in [-0.25, -0.2) is 28.0 Å². The molecule has 0 unspecified atom stereocenters. The van der Waals surface area contributed by atoms with Crippen molar-refractivity contribution in [1.82, 2.24) is 20.8 Å². The number of aryl methyl sites for hydroxylation is 1. The highest BCUT2D eigenvalue weighted by molar-refractivity contribution is 5.81. The summed E-state index contributed by atoms with van der Waals surface area (Å²) in [5.41, 5.74) is 10.1. The lowest BCUT2D eigenvalue weighted by molar-refractivity contribution is -0.141. The van der Waals surface area contributed by atoms with Gasteiger partial charge < -0.3 is 55.7 Å². The molecule has 0 aliphatic heterocycles. The first-order valence-corrected chi connectivity index (χ1v) is 14.7. The quantitative estimate of drug-likeness (QED) is 0.154. The van der Waals surface area contributed by atoms with Crippen molar-refractivity contribution in [1.29, 1.82) is 0 Å². The van der Waals surface area contributed by atoms with Crippen molar-refractivity contribution in [3.63, 3.8) is 0 Å². The summed E-state index contributed by atoms with van der Waals surface area (Å²) < 4.78 is 52.1. The Hall–Kier alpha value is -5.88. The molecule has 0 fully saturated rings. The number of nitrogens with zero attached hydrogens (tertiary/aromatic N) is 2. The van der Waals surface area contributed by atoms with Crippen LogP contribution in [0.1, 0.15) is 47.4 Å². The number of halogens is 2. The minimum absolute atomic E-state index is 0.254. The number of hydrogen-bond acceptors (Lipinski definition) is 13. The van der Waals surface area contributed by atoms with Crippen molar-refractivity contribution < 1.29 is 61.5 Å². The van der Waals surface area contributed by atoms with Gasteiger partial charge in [0.05, 0.1) is 5.69 Å². The molecule has 274 valence electrons. The molecule has 0 bridgehead atoms. The van der Waals surface area contributed by atoms with Crippen LogP contribution < -0.4 is 31.6 Å². The van der Waals surface area contributed by atoms with Crippen LogP contribution in [0, 0.1) is 18.6 Å². The third-order valence-corrected chi connectivity index (χ3v) is 5.63. The van der Waals surface area contributed by atoms with E-state index in [0.29, 0.717) is 23.4 Å². The summed E-state index contributed by atoms with van der Waals surface area (Å²) in [6, 6.07) is 3.35. The summed E-state index contributed by atoms with van der Waals surface area (Å²) in [6.07, 6.45) is -1.82. The number of benzene rings is 2. The number of nitrogen functional groups attached to an aromatic ring is 2. The van der Waals surface area contributed by atoms with Crippen molar-refractivity contribution >= 4 is 35.5 Å². The summed E-state index contributed by atoms with van der Waals surface area (Å²) in [6.45, 7) is 10.6. The number of carboxylic acid groups (broad SMARTS) is 2. The normalized spacial score (nSPS) is 12.3. The highest BCUT2D eigenvalue weighted by Crippen LogP contribution is 2.28. The van der Waals surface area contributed by atoms with Gasteiger partial charge in [0, 0.05) is 24.6 Å². The number of carbonyl (C=O) groups excluding carboxylic acids is 2. The molecule has 17 nitrogen and oxygen atoms in total. The van der Waals surface area contributed by atoms with Gasteiger partial charge in [-0.15, -0.1) is 10.2 Å². The number of anilines is 2. The number of rotatable bonds is 11. The van der Waals surface area contributed by atoms with Crippen LogP contribution in [0.25, 0.3) is 11.5 Å². The molecule has 2 atom stereocenters. The Morgan fingerprint density at radius 1 is 0.820 bits per heavy atom. The first-order chi connectivity index (χ1) is 23.0. The van der Waals surface area contributed by atoms with Crippen LogP contribution in [0.4, 0.5) is 29.7 Å². The van der Waals surface area contributed by atoms with E-state index in [-0.39, 0.29) is 23.8 Å². The first kappa shape index (κ1) is 40.3. The number of carboxylic acids is 2. The van der Waals surface area contributed by atoms with Crippen LogP contribution in [0.2, 0.25) is 0 Å². The fourth-order valence-electron chi connectivity index (χ4n) is 3.50. The molecule has 2 aromatic carbocycles. The zero-order valence-corrected chi connectivity index (χ0v) is 28.3. The minimum Gasteiger partial charge on any atom is -0.489 e. The molecule has 0 radical (unpaired) electrons. The molecular weight excluding hydrogens is 670 g/mol. The van der Waals surface area contributed by atoms with Gasteiger partial charge in [-0.05, 0) is 59.7 Å². The Kier molecular flexibility index (Phi) is 13.7. The van der Waals surface area contributed by atoms with E-state index in [9.17, 15) is 33.1 Å². The van der Waals surface area contributed by atoms with Crippen molar-refractivity contribution in [2.45, 2.75) is 71.8 Å². The van der Waals surface area contributed by atoms with Crippen molar-refractivity contribution in [3.05, 3.63) is 47.9 Å². The molecule has 8 N–H and O–H groups in total. The summed E-state index contributed by atoms with van der Waals surface area (Å²) in [7, 11) is 0. The van der Waals surface area contributed by atoms with E-state index in [0.717, 1.165) is 6.07 Å². The molecule has 0 spiro atoms. The molecule has 1 heterocycles. The van der Waals surface area contributed by atoms with Crippen LogP contribution in [0.15, 0.2) is 34.7 Å². The molecule has 50 heavy (non-hydrogen) atoms. The Labute approximate surface area is 285 Å². The SMILES string of the molecule is CC(C)(C)OC(=O)N[C@@H](COc1cc(F)cc(F)c1N)C(=O)O.Cc1nnc(-c2ccc(OC[C@H](NC(=O)OC(C)(C)C)C(=O)O)c(N)c2)o1. The second-order valence-electron chi connectivity index (χ2n) is 12.4. The number of aromatic nitrogens is 2. The predicted octanol–water partition coefficient (Wildman–Crippen LogP) is 3.89. The highest BCUT2D eigenvalue weighted by Gasteiger charge is 2.26. The number of nitrogens with one attached hydrogen (secondary N) is 2. The van der Waals surface area contributed by atoms with Crippen LogP contribution in [0.5, 0.6) is 11.5 Å². The number of nitrogens with two attached hydrogens (primary N) is 2. The van der Waals surface area contributed by atoms with Crippen LogP contribution in [-0.2, 0) is 19.1 Å². The largest absolute Gasteiger partial charge is 0.489 e. The summed E-state index contributed by atoms with van der Waals surface area (Å²) in [5, 5.41) is 30.3. The topological polar surface area (TPSA) is 261 Å². The van der Waals surface area contributed by atoms with Crippen molar-refractivity contribution in [2.75, 3.05) is 24.7 Å². The molecule has 0 aliphatic rings.